The van der Waals surface area contributed by atoms with Crippen LogP contribution in [0.3, 0.4) is 0 Å². The van der Waals surface area contributed by atoms with Crippen LogP contribution in [0.4, 0.5) is 15.6 Å². The van der Waals surface area contributed by atoms with Crippen LogP contribution in [0.5, 0.6) is 0 Å². The Labute approximate surface area is 222 Å². The van der Waals surface area contributed by atoms with Gasteiger partial charge in [-0.3, -0.25) is 24.8 Å². The number of fused-ring (bicyclic) bond motifs is 1. The van der Waals surface area contributed by atoms with E-state index in [4.69, 9.17) is 4.74 Å². The van der Waals surface area contributed by atoms with Crippen molar-refractivity contribution in [3.8, 4) is 11.3 Å². The number of para-hydroxylation sites is 2. The molecule has 0 saturated heterocycles. The van der Waals surface area contributed by atoms with Crippen LogP contribution in [0.1, 0.15) is 27.1 Å². The van der Waals surface area contributed by atoms with Crippen LogP contribution in [0, 0.1) is 0 Å². The van der Waals surface area contributed by atoms with Crippen LogP contribution in [0.25, 0.3) is 22.2 Å². The number of nitrogens with zero attached hydrogens (tertiary/aromatic N) is 2. The quantitative estimate of drug-likeness (QED) is 0.254. The highest BCUT2D eigenvalue weighted by Crippen LogP contribution is 2.32. The standard InChI is InChI=1S/C29H24N4O4S/c1-19(34)33-23-15-9-8-12-21(23)18-24(33)27(35)32-28-31-26(20-10-4-2-5-11-20)25(38-28)16-17-37-29(36)30-22-13-6-3-7-14-22/h2-15,18H,16-17H2,1H3,(H,30,36)(H,31,32,35). The third-order valence-electron chi connectivity index (χ3n) is 5.81. The molecule has 3 aromatic carbocycles. The minimum atomic E-state index is -0.549. The lowest BCUT2D eigenvalue weighted by Crippen LogP contribution is -2.19. The van der Waals surface area contributed by atoms with E-state index in [1.165, 1.54) is 22.8 Å². The van der Waals surface area contributed by atoms with E-state index in [9.17, 15) is 14.4 Å². The predicted molar refractivity (Wildman–Crippen MR) is 149 cm³/mol. The Morgan fingerprint density at radius 1 is 0.895 bits per heavy atom. The zero-order valence-electron chi connectivity index (χ0n) is 20.5. The molecule has 8 nitrogen and oxygen atoms in total. The van der Waals surface area contributed by atoms with Gasteiger partial charge in [0.15, 0.2) is 5.13 Å². The number of thiazole rings is 1. The maximum absolute atomic E-state index is 13.2. The third-order valence-corrected chi connectivity index (χ3v) is 6.84. The number of rotatable bonds is 7. The van der Waals surface area contributed by atoms with Gasteiger partial charge in [-0.25, -0.2) is 9.78 Å². The van der Waals surface area contributed by atoms with E-state index in [-0.39, 0.29) is 18.2 Å². The van der Waals surface area contributed by atoms with Crippen LogP contribution in [0.15, 0.2) is 91.0 Å². The zero-order valence-corrected chi connectivity index (χ0v) is 21.3. The number of carbonyl (C=O) groups excluding carboxylic acids is 3. The Bertz CT molecular complexity index is 1610. The van der Waals surface area contributed by atoms with Gasteiger partial charge in [0, 0.05) is 34.9 Å². The van der Waals surface area contributed by atoms with Gasteiger partial charge in [-0.15, -0.1) is 11.3 Å². The summed E-state index contributed by atoms with van der Waals surface area (Å²) in [5.41, 5.74) is 3.13. The number of carbonyl (C=O) groups is 3. The molecule has 0 spiro atoms. The second-order valence-electron chi connectivity index (χ2n) is 8.43. The minimum Gasteiger partial charge on any atom is -0.449 e. The Kier molecular flexibility index (Phi) is 7.28. The summed E-state index contributed by atoms with van der Waals surface area (Å²) in [6, 6.07) is 27.7. The van der Waals surface area contributed by atoms with E-state index in [0.717, 1.165) is 15.8 Å². The van der Waals surface area contributed by atoms with Gasteiger partial charge in [-0.2, -0.15) is 0 Å². The number of hydrogen-bond donors (Lipinski definition) is 2. The van der Waals surface area contributed by atoms with Crippen molar-refractivity contribution in [2.75, 3.05) is 17.2 Å². The van der Waals surface area contributed by atoms with Crippen molar-refractivity contribution in [2.24, 2.45) is 0 Å². The summed E-state index contributed by atoms with van der Waals surface area (Å²) in [7, 11) is 0. The maximum atomic E-state index is 13.2. The molecule has 0 aliphatic heterocycles. The van der Waals surface area contributed by atoms with Crippen molar-refractivity contribution in [3.63, 3.8) is 0 Å². The second kappa shape index (κ2) is 11.1. The monoisotopic (exact) mass is 524 g/mol. The molecule has 2 amide bonds. The van der Waals surface area contributed by atoms with Crippen LogP contribution < -0.4 is 10.6 Å². The molecule has 0 aliphatic rings. The van der Waals surface area contributed by atoms with Crippen molar-refractivity contribution in [3.05, 3.63) is 102 Å². The van der Waals surface area contributed by atoms with Gasteiger partial charge in [0.05, 0.1) is 17.8 Å². The van der Waals surface area contributed by atoms with Crippen molar-refractivity contribution in [1.82, 2.24) is 9.55 Å². The van der Waals surface area contributed by atoms with E-state index in [1.54, 1.807) is 24.3 Å². The third kappa shape index (κ3) is 5.47. The first kappa shape index (κ1) is 24.9. The first-order valence-corrected chi connectivity index (χ1v) is 12.8. The van der Waals surface area contributed by atoms with Gasteiger partial charge in [0.2, 0.25) is 5.91 Å². The summed E-state index contributed by atoms with van der Waals surface area (Å²) in [5, 5.41) is 6.72. The van der Waals surface area contributed by atoms with Crippen molar-refractivity contribution in [2.45, 2.75) is 13.3 Å². The van der Waals surface area contributed by atoms with Crippen LogP contribution in [0.2, 0.25) is 0 Å². The normalized spacial score (nSPS) is 10.8. The first-order chi connectivity index (χ1) is 18.5. The van der Waals surface area contributed by atoms with Gasteiger partial charge in [-0.05, 0) is 24.3 Å². The summed E-state index contributed by atoms with van der Waals surface area (Å²) in [6.45, 7) is 1.55. The predicted octanol–water partition coefficient (Wildman–Crippen LogP) is 6.47. The lowest BCUT2D eigenvalue weighted by atomic mass is 10.1. The topological polar surface area (TPSA) is 102 Å². The van der Waals surface area contributed by atoms with E-state index in [1.807, 2.05) is 66.7 Å². The van der Waals surface area contributed by atoms with E-state index in [0.29, 0.717) is 28.5 Å². The lowest BCUT2D eigenvalue weighted by Gasteiger charge is -2.07. The minimum absolute atomic E-state index is 0.132. The summed E-state index contributed by atoms with van der Waals surface area (Å²) >= 11 is 1.31. The Hall–Kier alpha value is -4.76. The van der Waals surface area contributed by atoms with E-state index < -0.39 is 12.0 Å². The molecule has 2 heterocycles. The molecular weight excluding hydrogens is 500 g/mol. The largest absolute Gasteiger partial charge is 0.449 e. The van der Waals surface area contributed by atoms with Gasteiger partial charge in [0.25, 0.3) is 5.91 Å². The number of amides is 2. The lowest BCUT2D eigenvalue weighted by molar-refractivity contribution is 0.0916. The molecule has 0 unspecified atom stereocenters. The summed E-state index contributed by atoms with van der Waals surface area (Å²) in [5.74, 6) is -0.693. The van der Waals surface area contributed by atoms with Crippen molar-refractivity contribution < 1.29 is 19.1 Å². The second-order valence-corrected chi connectivity index (χ2v) is 9.51. The molecule has 0 radical (unpaired) electrons. The molecule has 0 atom stereocenters. The summed E-state index contributed by atoms with van der Waals surface area (Å²) in [4.78, 5) is 43.3. The van der Waals surface area contributed by atoms with Gasteiger partial charge >= 0.3 is 6.09 Å². The number of benzene rings is 3. The summed E-state index contributed by atoms with van der Waals surface area (Å²) < 4.78 is 6.78. The molecule has 190 valence electrons. The Balaban J connectivity index is 1.35. The molecule has 0 bridgehead atoms. The maximum Gasteiger partial charge on any atom is 0.411 e. The molecule has 2 N–H and O–H groups in total. The number of hydrogen-bond acceptors (Lipinski definition) is 6. The molecule has 0 saturated carbocycles. The molecule has 5 aromatic rings. The van der Waals surface area contributed by atoms with Gasteiger partial charge in [0.1, 0.15) is 5.69 Å². The average molecular weight is 525 g/mol. The van der Waals surface area contributed by atoms with Crippen molar-refractivity contribution >= 4 is 51.0 Å². The molecule has 0 fully saturated rings. The molecule has 0 aliphatic carbocycles. The fourth-order valence-corrected chi connectivity index (χ4v) is 5.09. The highest BCUT2D eigenvalue weighted by atomic mass is 32.1. The zero-order chi connectivity index (χ0) is 26.5. The average Bonchev–Trinajstić information content (AvgIpc) is 3.51. The van der Waals surface area contributed by atoms with Crippen molar-refractivity contribution in [1.29, 1.82) is 0 Å². The molecule has 38 heavy (non-hydrogen) atoms. The van der Waals surface area contributed by atoms with Crippen LogP contribution >= 0.6 is 11.3 Å². The van der Waals surface area contributed by atoms with Gasteiger partial charge in [-0.1, -0.05) is 66.7 Å². The summed E-state index contributed by atoms with van der Waals surface area (Å²) in [6.07, 6.45) is -0.138. The van der Waals surface area contributed by atoms with E-state index in [2.05, 4.69) is 15.6 Å². The van der Waals surface area contributed by atoms with Crippen LogP contribution in [-0.2, 0) is 11.2 Å². The molecule has 9 heteroatoms. The highest BCUT2D eigenvalue weighted by molar-refractivity contribution is 7.16. The number of anilines is 2. The van der Waals surface area contributed by atoms with E-state index >= 15 is 0 Å². The number of aromatic nitrogens is 2. The van der Waals surface area contributed by atoms with Crippen LogP contribution in [-0.4, -0.2) is 34.1 Å². The SMILES string of the molecule is CC(=O)n1c(C(=O)Nc2nc(-c3ccccc3)c(CCOC(=O)Nc3ccccc3)s2)cc2ccccc21. The molecular formula is C29H24N4O4S. The molecule has 5 rings (SSSR count). The Morgan fingerprint density at radius 2 is 1.58 bits per heavy atom. The smallest absolute Gasteiger partial charge is 0.411 e. The number of nitrogens with one attached hydrogen (secondary N) is 2. The first-order valence-electron chi connectivity index (χ1n) is 12.0. The molecule has 2 aromatic heterocycles. The highest BCUT2D eigenvalue weighted by Gasteiger charge is 2.21. The fourth-order valence-electron chi connectivity index (χ4n) is 4.13. The van der Waals surface area contributed by atoms with Gasteiger partial charge < -0.3 is 4.74 Å². The number of ether oxygens (including phenoxy) is 1. The Morgan fingerprint density at radius 3 is 2.32 bits per heavy atom. The fraction of sp³-hybridized carbons (Fsp3) is 0.103.